The number of aromatic nitrogens is 2. The van der Waals surface area contributed by atoms with Gasteiger partial charge in [0.1, 0.15) is 5.15 Å². The van der Waals surface area contributed by atoms with Crippen LogP contribution in [-0.2, 0) is 0 Å². The molecule has 0 saturated carbocycles. The molecule has 0 radical (unpaired) electrons. The van der Waals surface area contributed by atoms with E-state index in [0.717, 1.165) is 19.5 Å². The summed E-state index contributed by atoms with van der Waals surface area (Å²) in [5.41, 5.74) is -0.274. The molecule has 0 amide bonds. The van der Waals surface area contributed by atoms with Crippen molar-refractivity contribution in [2.45, 2.75) is 26.3 Å². The molecule has 2 heterocycles. The Morgan fingerprint density at radius 2 is 2.06 bits per heavy atom. The average molecular weight is 272 g/mol. The molecule has 18 heavy (non-hydrogen) atoms. The second-order valence-electron chi connectivity index (χ2n) is 5.14. The normalized spacial score (nSPS) is 25.3. The highest BCUT2D eigenvalue weighted by atomic mass is 35.5. The van der Waals surface area contributed by atoms with Gasteiger partial charge in [0, 0.05) is 18.2 Å². The average Bonchev–Trinajstić information content (AvgIpc) is 2.29. The summed E-state index contributed by atoms with van der Waals surface area (Å²) in [6.07, 6.45) is 0.807. The zero-order valence-electron chi connectivity index (χ0n) is 10.9. The first-order valence-corrected chi connectivity index (χ1v) is 6.49. The number of piperidine rings is 1. The smallest absolute Gasteiger partial charge is 0.306 e. The van der Waals surface area contributed by atoms with Crippen LogP contribution in [0.4, 0.5) is 0 Å². The van der Waals surface area contributed by atoms with Crippen LogP contribution in [0.3, 0.4) is 0 Å². The number of likely N-dealkylation sites (tertiary alicyclic amines) is 1. The van der Waals surface area contributed by atoms with Crippen molar-refractivity contribution >= 4 is 11.6 Å². The van der Waals surface area contributed by atoms with Crippen LogP contribution in [0.1, 0.15) is 24.9 Å². The fourth-order valence-corrected chi connectivity index (χ4v) is 2.80. The Morgan fingerprint density at radius 1 is 1.39 bits per heavy atom. The van der Waals surface area contributed by atoms with Crippen molar-refractivity contribution in [2.24, 2.45) is 5.92 Å². The largest absolute Gasteiger partial charge is 0.329 e. The highest BCUT2D eigenvalue weighted by Gasteiger charge is 2.28. The third kappa shape index (κ3) is 2.24. The lowest BCUT2D eigenvalue weighted by atomic mass is 9.94. The molecular formula is C12H18ClN3O2. The van der Waals surface area contributed by atoms with Gasteiger partial charge in [0.2, 0.25) is 0 Å². The maximum atomic E-state index is 12.2. The van der Waals surface area contributed by atoms with E-state index in [2.05, 4.69) is 16.8 Å². The van der Waals surface area contributed by atoms with Crippen LogP contribution < -0.4 is 11.2 Å². The lowest BCUT2D eigenvalue weighted by Gasteiger charge is -2.35. The molecule has 0 aromatic carbocycles. The topological polar surface area (TPSA) is 58.1 Å². The summed E-state index contributed by atoms with van der Waals surface area (Å²) in [5, 5.41) is 0.141. The van der Waals surface area contributed by atoms with Crippen LogP contribution in [0, 0.1) is 12.8 Å². The third-order valence-electron chi connectivity index (χ3n) is 3.70. The van der Waals surface area contributed by atoms with Gasteiger partial charge in [-0.1, -0.05) is 18.5 Å². The Bertz CT molecular complexity index is 563. The minimum Gasteiger partial charge on any atom is -0.306 e. The number of hydrogen-bond acceptors (Lipinski definition) is 3. The van der Waals surface area contributed by atoms with E-state index in [4.69, 9.17) is 11.6 Å². The molecule has 100 valence electrons. The first kappa shape index (κ1) is 13.4. The van der Waals surface area contributed by atoms with E-state index in [1.165, 1.54) is 4.57 Å². The minimum absolute atomic E-state index is 0.0478. The van der Waals surface area contributed by atoms with Crippen molar-refractivity contribution < 1.29 is 0 Å². The zero-order valence-corrected chi connectivity index (χ0v) is 11.6. The Balaban J connectivity index is 2.49. The Kier molecular flexibility index (Phi) is 3.64. The first-order valence-electron chi connectivity index (χ1n) is 6.11. The van der Waals surface area contributed by atoms with Gasteiger partial charge in [-0.05, 0) is 32.9 Å². The van der Waals surface area contributed by atoms with E-state index in [-0.39, 0.29) is 22.7 Å². The quantitative estimate of drug-likeness (QED) is 0.776. The maximum Gasteiger partial charge on any atom is 0.329 e. The summed E-state index contributed by atoms with van der Waals surface area (Å²) in [7, 11) is 2.05. The van der Waals surface area contributed by atoms with E-state index < -0.39 is 5.69 Å². The lowest BCUT2D eigenvalue weighted by molar-refractivity contribution is 0.153. The molecule has 0 aliphatic carbocycles. The Labute approximate surface area is 110 Å². The maximum absolute atomic E-state index is 12.2. The number of nitrogens with one attached hydrogen (secondary N) is 1. The fourth-order valence-electron chi connectivity index (χ4n) is 2.64. The van der Waals surface area contributed by atoms with Gasteiger partial charge in [-0.25, -0.2) is 4.79 Å². The van der Waals surface area contributed by atoms with Crippen LogP contribution in [0.15, 0.2) is 9.59 Å². The molecule has 0 spiro atoms. The van der Waals surface area contributed by atoms with Crippen LogP contribution in [0.25, 0.3) is 0 Å². The number of H-pyrrole nitrogens is 1. The van der Waals surface area contributed by atoms with E-state index in [0.29, 0.717) is 5.56 Å². The molecule has 1 aromatic heterocycles. The third-order valence-corrected chi connectivity index (χ3v) is 4.08. The van der Waals surface area contributed by atoms with Crippen molar-refractivity contribution in [2.75, 3.05) is 20.1 Å². The van der Waals surface area contributed by atoms with Gasteiger partial charge in [-0.2, -0.15) is 0 Å². The second-order valence-corrected chi connectivity index (χ2v) is 5.52. The van der Waals surface area contributed by atoms with E-state index in [1.807, 2.05) is 7.05 Å². The van der Waals surface area contributed by atoms with Crippen molar-refractivity contribution in [1.82, 2.24) is 14.5 Å². The van der Waals surface area contributed by atoms with Gasteiger partial charge < -0.3 is 4.90 Å². The number of aromatic amines is 1. The number of rotatable bonds is 1. The van der Waals surface area contributed by atoms with Crippen LogP contribution in [0.2, 0.25) is 5.15 Å². The van der Waals surface area contributed by atoms with Crippen molar-refractivity contribution in [1.29, 1.82) is 0 Å². The fraction of sp³-hybridized carbons (Fsp3) is 0.667. The van der Waals surface area contributed by atoms with Crippen molar-refractivity contribution in [3.8, 4) is 0 Å². The summed E-state index contributed by atoms with van der Waals surface area (Å²) in [6, 6.07) is -0.0478. The lowest BCUT2D eigenvalue weighted by Crippen LogP contribution is -2.47. The summed E-state index contributed by atoms with van der Waals surface area (Å²) in [4.78, 5) is 28.9. The number of halogens is 1. The summed E-state index contributed by atoms with van der Waals surface area (Å²) < 4.78 is 1.33. The van der Waals surface area contributed by atoms with Crippen LogP contribution in [-0.4, -0.2) is 34.6 Å². The highest BCUT2D eigenvalue weighted by Crippen LogP contribution is 2.25. The molecule has 1 fully saturated rings. The standard InChI is InChI=1S/C12H18ClN3O2/c1-7-6-15(3)5-4-9(7)16-11(17)8(2)10(13)14-12(16)18/h7,9H,4-6H2,1-3H3,(H,14,18). The molecule has 1 aliphatic heterocycles. The molecule has 2 unspecified atom stereocenters. The summed E-state index contributed by atoms with van der Waals surface area (Å²) >= 11 is 5.81. The predicted octanol–water partition coefficient (Wildman–Crippen LogP) is 1.01. The monoisotopic (exact) mass is 271 g/mol. The van der Waals surface area contributed by atoms with Gasteiger partial charge in [0.25, 0.3) is 5.56 Å². The van der Waals surface area contributed by atoms with Crippen LogP contribution >= 0.6 is 11.6 Å². The molecule has 2 atom stereocenters. The van der Waals surface area contributed by atoms with Gasteiger partial charge in [-0.15, -0.1) is 0 Å². The van der Waals surface area contributed by atoms with Gasteiger partial charge in [-0.3, -0.25) is 14.3 Å². The minimum atomic E-state index is -0.406. The number of hydrogen-bond donors (Lipinski definition) is 1. The van der Waals surface area contributed by atoms with Gasteiger partial charge in [0.05, 0.1) is 0 Å². The molecular weight excluding hydrogens is 254 g/mol. The number of nitrogens with zero attached hydrogens (tertiary/aromatic N) is 2. The molecule has 0 bridgehead atoms. The summed E-state index contributed by atoms with van der Waals surface area (Å²) in [6.45, 7) is 5.48. The molecule has 5 nitrogen and oxygen atoms in total. The van der Waals surface area contributed by atoms with Crippen molar-refractivity contribution in [3.63, 3.8) is 0 Å². The molecule has 6 heteroatoms. The molecule has 1 aliphatic rings. The molecule has 1 aromatic rings. The van der Waals surface area contributed by atoms with Gasteiger partial charge >= 0.3 is 5.69 Å². The highest BCUT2D eigenvalue weighted by molar-refractivity contribution is 6.30. The predicted molar refractivity (Wildman–Crippen MR) is 71.4 cm³/mol. The van der Waals surface area contributed by atoms with E-state index in [1.54, 1.807) is 6.92 Å². The van der Waals surface area contributed by atoms with Crippen molar-refractivity contribution in [3.05, 3.63) is 31.6 Å². The molecule has 1 N–H and O–H groups in total. The molecule has 1 saturated heterocycles. The van der Waals surface area contributed by atoms with E-state index >= 15 is 0 Å². The summed E-state index contributed by atoms with van der Waals surface area (Å²) in [5.74, 6) is 0.267. The molecule has 2 rings (SSSR count). The van der Waals surface area contributed by atoms with Crippen LogP contribution in [0.5, 0.6) is 0 Å². The zero-order chi connectivity index (χ0) is 13.4. The van der Waals surface area contributed by atoms with Gasteiger partial charge in [0.15, 0.2) is 0 Å². The van der Waals surface area contributed by atoms with E-state index in [9.17, 15) is 9.59 Å². The SMILES string of the molecule is Cc1c(Cl)[nH]c(=O)n(C2CCN(C)CC2C)c1=O. The Morgan fingerprint density at radius 3 is 2.67 bits per heavy atom. The first-order chi connectivity index (χ1) is 8.41. The Hall–Kier alpha value is -1.07. The second kappa shape index (κ2) is 4.90.